The van der Waals surface area contributed by atoms with Crippen LogP contribution in [-0.4, -0.2) is 30.9 Å². The number of rotatable bonds is 8. The van der Waals surface area contributed by atoms with Crippen LogP contribution in [0.2, 0.25) is 0 Å². The number of hydrogen-bond donors (Lipinski definition) is 3. The molecular formula is C12H25N3O2. The van der Waals surface area contributed by atoms with E-state index in [-0.39, 0.29) is 23.8 Å². The first-order valence-electron chi connectivity index (χ1n) is 6.23. The maximum atomic E-state index is 11.3. The van der Waals surface area contributed by atoms with E-state index in [4.69, 9.17) is 5.73 Å². The minimum Gasteiger partial charge on any atom is -0.354 e. The zero-order chi connectivity index (χ0) is 13.3. The fourth-order valence-corrected chi connectivity index (χ4v) is 1.26. The Bertz CT molecular complexity index is 240. The molecular weight excluding hydrogens is 218 g/mol. The second kappa shape index (κ2) is 8.98. The van der Waals surface area contributed by atoms with Gasteiger partial charge in [0.1, 0.15) is 0 Å². The van der Waals surface area contributed by atoms with Gasteiger partial charge in [-0.05, 0) is 19.8 Å². The lowest BCUT2D eigenvalue weighted by atomic mass is 10.1. The second-order valence-corrected chi connectivity index (χ2v) is 4.67. The standard InChI is InChI=1S/C12H25N3O2/c1-9(2)12(17)15-8-7-14-11(16)6-4-5-10(3)13/h9-10H,4-8,13H2,1-3H3,(H,14,16)(H,15,17). The molecule has 17 heavy (non-hydrogen) atoms. The topological polar surface area (TPSA) is 84.2 Å². The average molecular weight is 243 g/mol. The molecule has 0 aromatic rings. The van der Waals surface area contributed by atoms with Gasteiger partial charge in [-0.15, -0.1) is 0 Å². The van der Waals surface area contributed by atoms with Crippen LogP contribution in [0.15, 0.2) is 0 Å². The van der Waals surface area contributed by atoms with Crippen molar-refractivity contribution in [3.63, 3.8) is 0 Å². The number of amides is 2. The molecule has 5 nitrogen and oxygen atoms in total. The van der Waals surface area contributed by atoms with Gasteiger partial charge in [0.25, 0.3) is 0 Å². The smallest absolute Gasteiger partial charge is 0.222 e. The third-order valence-electron chi connectivity index (χ3n) is 2.33. The first-order valence-corrected chi connectivity index (χ1v) is 6.23. The van der Waals surface area contributed by atoms with Crippen molar-refractivity contribution in [2.24, 2.45) is 11.7 Å². The summed E-state index contributed by atoms with van der Waals surface area (Å²) in [6.07, 6.45) is 2.17. The Labute approximate surface area is 104 Å². The van der Waals surface area contributed by atoms with Crippen molar-refractivity contribution in [3.05, 3.63) is 0 Å². The van der Waals surface area contributed by atoms with Gasteiger partial charge in [-0.25, -0.2) is 0 Å². The minimum atomic E-state index is -0.0169. The summed E-state index contributed by atoms with van der Waals surface area (Å²) < 4.78 is 0. The molecule has 0 radical (unpaired) electrons. The lowest BCUT2D eigenvalue weighted by Gasteiger charge is -2.09. The van der Waals surface area contributed by atoms with Crippen LogP contribution in [0, 0.1) is 5.92 Å². The molecule has 0 aliphatic heterocycles. The van der Waals surface area contributed by atoms with E-state index in [0.29, 0.717) is 19.5 Å². The Hall–Kier alpha value is -1.10. The van der Waals surface area contributed by atoms with Crippen molar-refractivity contribution in [1.82, 2.24) is 10.6 Å². The maximum absolute atomic E-state index is 11.3. The molecule has 0 aromatic carbocycles. The van der Waals surface area contributed by atoms with E-state index in [9.17, 15) is 9.59 Å². The van der Waals surface area contributed by atoms with Crippen molar-refractivity contribution in [2.45, 2.75) is 46.1 Å². The quantitative estimate of drug-likeness (QED) is 0.539. The summed E-state index contributed by atoms with van der Waals surface area (Å²) in [6.45, 7) is 6.56. The fraction of sp³-hybridized carbons (Fsp3) is 0.833. The SMILES string of the molecule is CC(N)CCCC(=O)NCCNC(=O)C(C)C. The molecule has 100 valence electrons. The first-order chi connectivity index (χ1) is 7.93. The summed E-state index contributed by atoms with van der Waals surface area (Å²) in [5, 5.41) is 5.49. The molecule has 0 bridgehead atoms. The first kappa shape index (κ1) is 15.9. The minimum absolute atomic E-state index is 0.0104. The number of nitrogens with two attached hydrogens (primary N) is 1. The number of hydrogen-bond acceptors (Lipinski definition) is 3. The van der Waals surface area contributed by atoms with Gasteiger partial charge in [0.05, 0.1) is 0 Å². The normalized spacial score (nSPS) is 12.3. The molecule has 4 N–H and O–H groups in total. The van der Waals surface area contributed by atoms with Crippen molar-refractivity contribution in [1.29, 1.82) is 0 Å². The average Bonchev–Trinajstić information content (AvgIpc) is 2.23. The highest BCUT2D eigenvalue weighted by molar-refractivity contribution is 5.78. The highest BCUT2D eigenvalue weighted by atomic mass is 16.2. The van der Waals surface area contributed by atoms with Gasteiger partial charge < -0.3 is 16.4 Å². The molecule has 0 fully saturated rings. The van der Waals surface area contributed by atoms with Crippen LogP contribution in [0.1, 0.15) is 40.0 Å². The number of carbonyl (C=O) groups is 2. The summed E-state index contributed by atoms with van der Waals surface area (Å²) in [5.41, 5.74) is 5.58. The molecule has 0 aromatic heterocycles. The summed E-state index contributed by atoms with van der Waals surface area (Å²) >= 11 is 0. The van der Waals surface area contributed by atoms with E-state index in [1.54, 1.807) is 0 Å². The van der Waals surface area contributed by atoms with Gasteiger partial charge in [0.15, 0.2) is 0 Å². The second-order valence-electron chi connectivity index (χ2n) is 4.67. The summed E-state index contributed by atoms with van der Waals surface area (Å²) in [6, 6.07) is 0.146. The van der Waals surface area contributed by atoms with E-state index in [2.05, 4.69) is 10.6 Å². The third-order valence-corrected chi connectivity index (χ3v) is 2.33. The Kier molecular flexibility index (Phi) is 8.40. The van der Waals surface area contributed by atoms with E-state index >= 15 is 0 Å². The fourth-order valence-electron chi connectivity index (χ4n) is 1.26. The Balaban J connectivity index is 3.42. The number of nitrogens with one attached hydrogen (secondary N) is 2. The predicted molar refractivity (Wildman–Crippen MR) is 68.4 cm³/mol. The van der Waals surface area contributed by atoms with Gasteiger partial charge in [-0.3, -0.25) is 9.59 Å². The van der Waals surface area contributed by atoms with Crippen LogP contribution in [0.4, 0.5) is 0 Å². The predicted octanol–water partition coefficient (Wildman–Crippen LogP) is 0.392. The molecule has 0 aliphatic carbocycles. The van der Waals surface area contributed by atoms with E-state index < -0.39 is 0 Å². The number of carbonyl (C=O) groups excluding carboxylic acids is 2. The molecule has 0 saturated carbocycles. The van der Waals surface area contributed by atoms with Gasteiger partial charge in [0.2, 0.25) is 11.8 Å². The van der Waals surface area contributed by atoms with Crippen molar-refractivity contribution >= 4 is 11.8 Å². The van der Waals surface area contributed by atoms with Gasteiger partial charge in [-0.1, -0.05) is 13.8 Å². The van der Waals surface area contributed by atoms with Crippen LogP contribution in [0.25, 0.3) is 0 Å². The zero-order valence-electron chi connectivity index (χ0n) is 11.1. The van der Waals surface area contributed by atoms with Gasteiger partial charge >= 0.3 is 0 Å². The maximum Gasteiger partial charge on any atom is 0.222 e. The third kappa shape index (κ3) is 9.81. The summed E-state index contributed by atoms with van der Waals surface area (Å²) in [7, 11) is 0. The van der Waals surface area contributed by atoms with E-state index in [1.165, 1.54) is 0 Å². The molecule has 5 heteroatoms. The monoisotopic (exact) mass is 243 g/mol. The molecule has 0 spiro atoms. The van der Waals surface area contributed by atoms with Gasteiger partial charge in [0, 0.05) is 31.5 Å². The van der Waals surface area contributed by atoms with Crippen LogP contribution >= 0.6 is 0 Å². The largest absolute Gasteiger partial charge is 0.354 e. The van der Waals surface area contributed by atoms with Crippen LogP contribution in [-0.2, 0) is 9.59 Å². The lowest BCUT2D eigenvalue weighted by Crippen LogP contribution is -2.36. The van der Waals surface area contributed by atoms with Gasteiger partial charge in [-0.2, -0.15) is 0 Å². The zero-order valence-corrected chi connectivity index (χ0v) is 11.1. The van der Waals surface area contributed by atoms with Crippen molar-refractivity contribution in [2.75, 3.05) is 13.1 Å². The van der Waals surface area contributed by atoms with Crippen molar-refractivity contribution < 1.29 is 9.59 Å². The molecule has 0 rings (SSSR count). The van der Waals surface area contributed by atoms with Crippen LogP contribution < -0.4 is 16.4 Å². The Morgan fingerprint density at radius 1 is 1.12 bits per heavy atom. The lowest BCUT2D eigenvalue weighted by molar-refractivity contribution is -0.124. The molecule has 0 saturated heterocycles. The Morgan fingerprint density at radius 3 is 2.24 bits per heavy atom. The highest BCUT2D eigenvalue weighted by Crippen LogP contribution is 1.97. The molecule has 1 unspecified atom stereocenters. The summed E-state index contributed by atoms with van der Waals surface area (Å²) in [5.74, 6) is 0.0115. The molecule has 1 atom stereocenters. The highest BCUT2D eigenvalue weighted by Gasteiger charge is 2.05. The van der Waals surface area contributed by atoms with Crippen LogP contribution in [0.5, 0.6) is 0 Å². The van der Waals surface area contributed by atoms with E-state index in [0.717, 1.165) is 12.8 Å². The Morgan fingerprint density at radius 2 is 1.71 bits per heavy atom. The summed E-state index contributed by atoms with van der Waals surface area (Å²) in [4.78, 5) is 22.5. The van der Waals surface area contributed by atoms with Crippen molar-refractivity contribution in [3.8, 4) is 0 Å². The molecule has 0 aliphatic rings. The van der Waals surface area contributed by atoms with Crippen LogP contribution in [0.3, 0.4) is 0 Å². The van der Waals surface area contributed by atoms with E-state index in [1.807, 2.05) is 20.8 Å². The molecule has 2 amide bonds. The molecule has 0 heterocycles.